The average molecular weight is 460 g/mol. The highest BCUT2D eigenvalue weighted by atomic mass is 35.5. The number of nitrogens with zero attached hydrogens (tertiary/aromatic N) is 3. The standard InChI is InChI=1S/C26H19Cl2N3O/c1-26(19-8-10-29-11-9-19)31-24(21-13-20(27)14-22(28)25(21)32-26)15-23(30-31)18-7-6-16-4-2-3-5-17(16)12-18/h2-14,24H,15H2,1H3/t24-,26+/m0/s1. The second-order valence-corrected chi connectivity index (χ2v) is 9.14. The highest BCUT2D eigenvalue weighted by Gasteiger charge is 2.49. The van der Waals surface area contributed by atoms with Crippen molar-refractivity contribution in [1.82, 2.24) is 9.99 Å². The summed E-state index contributed by atoms with van der Waals surface area (Å²) in [6, 6.07) is 22.4. The molecule has 158 valence electrons. The van der Waals surface area contributed by atoms with Crippen LogP contribution in [0.3, 0.4) is 0 Å². The number of pyridine rings is 1. The molecule has 1 aromatic heterocycles. The minimum Gasteiger partial charge on any atom is -0.461 e. The molecule has 2 atom stereocenters. The van der Waals surface area contributed by atoms with Gasteiger partial charge in [0, 0.05) is 41.9 Å². The Bertz CT molecular complexity index is 1390. The molecule has 0 unspecified atom stereocenters. The van der Waals surface area contributed by atoms with E-state index in [-0.39, 0.29) is 6.04 Å². The van der Waals surface area contributed by atoms with Gasteiger partial charge in [-0.3, -0.25) is 4.98 Å². The maximum absolute atomic E-state index is 6.59. The molecule has 0 saturated carbocycles. The predicted molar refractivity (Wildman–Crippen MR) is 128 cm³/mol. The molecule has 2 aliphatic rings. The average Bonchev–Trinajstić information content (AvgIpc) is 3.27. The van der Waals surface area contributed by atoms with Crippen LogP contribution in [-0.2, 0) is 5.72 Å². The Hall–Kier alpha value is -3.08. The van der Waals surface area contributed by atoms with Crippen molar-refractivity contribution >= 4 is 39.7 Å². The fourth-order valence-electron chi connectivity index (χ4n) is 4.72. The zero-order chi connectivity index (χ0) is 21.9. The monoisotopic (exact) mass is 459 g/mol. The minimum absolute atomic E-state index is 0.0467. The van der Waals surface area contributed by atoms with Crippen LogP contribution < -0.4 is 4.74 Å². The van der Waals surface area contributed by atoms with Gasteiger partial charge in [-0.25, -0.2) is 5.01 Å². The predicted octanol–water partition coefficient (Wildman–Crippen LogP) is 6.96. The van der Waals surface area contributed by atoms with Gasteiger partial charge in [0.1, 0.15) is 5.75 Å². The SMILES string of the molecule is C[C@]1(c2ccncc2)Oc2c(Cl)cc(Cl)cc2[C@@H]2CC(c3ccc4ccccc4c3)=NN21. The molecule has 3 aromatic carbocycles. The summed E-state index contributed by atoms with van der Waals surface area (Å²) in [5.74, 6) is 0.659. The molecular weight excluding hydrogens is 441 g/mol. The van der Waals surface area contributed by atoms with Gasteiger partial charge in [-0.15, -0.1) is 0 Å². The molecule has 0 fully saturated rings. The van der Waals surface area contributed by atoms with Crippen molar-refractivity contribution in [3.63, 3.8) is 0 Å². The lowest BCUT2D eigenvalue weighted by molar-refractivity contribution is -0.112. The first-order valence-electron chi connectivity index (χ1n) is 10.5. The maximum Gasteiger partial charge on any atom is 0.221 e. The van der Waals surface area contributed by atoms with Crippen molar-refractivity contribution in [3.8, 4) is 5.75 Å². The summed E-state index contributed by atoms with van der Waals surface area (Å²) in [5.41, 5.74) is 3.18. The van der Waals surface area contributed by atoms with E-state index in [0.29, 0.717) is 15.8 Å². The second-order valence-electron chi connectivity index (χ2n) is 8.30. The van der Waals surface area contributed by atoms with Gasteiger partial charge in [-0.2, -0.15) is 5.10 Å². The van der Waals surface area contributed by atoms with Gasteiger partial charge in [0.15, 0.2) is 0 Å². The highest BCUT2D eigenvalue weighted by Crippen LogP contribution is 2.53. The largest absolute Gasteiger partial charge is 0.461 e. The van der Waals surface area contributed by atoms with Crippen LogP contribution in [0, 0.1) is 0 Å². The van der Waals surface area contributed by atoms with Crippen molar-refractivity contribution in [1.29, 1.82) is 0 Å². The van der Waals surface area contributed by atoms with Crippen LogP contribution in [0.25, 0.3) is 10.8 Å². The molecule has 2 aliphatic heterocycles. The summed E-state index contributed by atoms with van der Waals surface area (Å²) in [7, 11) is 0. The zero-order valence-electron chi connectivity index (χ0n) is 17.3. The third-order valence-corrected chi connectivity index (χ3v) is 6.84. The molecule has 0 spiro atoms. The van der Waals surface area contributed by atoms with E-state index in [4.69, 9.17) is 33.0 Å². The zero-order valence-corrected chi connectivity index (χ0v) is 18.8. The van der Waals surface area contributed by atoms with Gasteiger partial charge in [0.05, 0.1) is 16.8 Å². The maximum atomic E-state index is 6.59. The Morgan fingerprint density at radius 1 is 0.969 bits per heavy atom. The molecule has 0 aliphatic carbocycles. The second kappa shape index (κ2) is 7.22. The Morgan fingerprint density at radius 2 is 1.75 bits per heavy atom. The van der Waals surface area contributed by atoms with Crippen LogP contribution >= 0.6 is 23.2 Å². The van der Waals surface area contributed by atoms with Crippen LogP contribution in [-0.4, -0.2) is 15.7 Å². The molecule has 4 nitrogen and oxygen atoms in total. The summed E-state index contributed by atoms with van der Waals surface area (Å²) in [6.45, 7) is 2.02. The van der Waals surface area contributed by atoms with Crippen molar-refractivity contribution in [2.45, 2.75) is 25.1 Å². The molecule has 32 heavy (non-hydrogen) atoms. The van der Waals surface area contributed by atoms with Gasteiger partial charge in [0.2, 0.25) is 5.72 Å². The van der Waals surface area contributed by atoms with Crippen molar-refractivity contribution in [2.24, 2.45) is 5.10 Å². The van der Waals surface area contributed by atoms with E-state index in [1.807, 2.05) is 30.1 Å². The molecule has 0 amide bonds. The number of benzene rings is 3. The Morgan fingerprint density at radius 3 is 2.56 bits per heavy atom. The molecule has 0 radical (unpaired) electrons. The van der Waals surface area contributed by atoms with Gasteiger partial charge in [0.25, 0.3) is 0 Å². The number of ether oxygens (including phenoxy) is 1. The van der Waals surface area contributed by atoms with Gasteiger partial charge < -0.3 is 4.74 Å². The lowest BCUT2D eigenvalue weighted by atomic mass is 9.92. The molecule has 0 bridgehead atoms. The third kappa shape index (κ3) is 2.98. The fraction of sp³-hybridized carbons (Fsp3) is 0.154. The lowest BCUT2D eigenvalue weighted by Gasteiger charge is -2.46. The molecule has 4 aromatic rings. The quantitative estimate of drug-likeness (QED) is 0.325. The number of hydrogen-bond donors (Lipinski definition) is 0. The summed E-state index contributed by atoms with van der Waals surface area (Å²) in [5, 5.41) is 10.6. The Kier molecular flexibility index (Phi) is 4.42. The van der Waals surface area contributed by atoms with E-state index >= 15 is 0 Å². The summed E-state index contributed by atoms with van der Waals surface area (Å²) in [4.78, 5) is 4.17. The minimum atomic E-state index is -0.837. The number of halogens is 2. The van der Waals surface area contributed by atoms with Gasteiger partial charge >= 0.3 is 0 Å². The molecule has 6 heteroatoms. The normalized spacial score (nSPS) is 21.7. The van der Waals surface area contributed by atoms with E-state index in [9.17, 15) is 0 Å². The summed E-state index contributed by atoms with van der Waals surface area (Å²) >= 11 is 13.0. The van der Waals surface area contributed by atoms with E-state index in [1.54, 1.807) is 18.5 Å². The molecular formula is C26H19Cl2N3O. The molecule has 6 rings (SSSR count). The first kappa shape index (κ1) is 19.6. The highest BCUT2D eigenvalue weighted by molar-refractivity contribution is 6.35. The molecule has 3 heterocycles. The van der Waals surface area contributed by atoms with Gasteiger partial charge in [-0.05, 0) is 46.7 Å². The number of hydrogen-bond acceptors (Lipinski definition) is 4. The van der Waals surface area contributed by atoms with Crippen LogP contribution in [0.15, 0.2) is 84.2 Å². The van der Waals surface area contributed by atoms with Crippen LogP contribution in [0.4, 0.5) is 0 Å². The van der Waals surface area contributed by atoms with Crippen molar-refractivity contribution < 1.29 is 4.74 Å². The van der Waals surface area contributed by atoms with Crippen molar-refractivity contribution in [3.05, 3.63) is 106 Å². The van der Waals surface area contributed by atoms with Crippen LogP contribution in [0.1, 0.15) is 36.1 Å². The summed E-state index contributed by atoms with van der Waals surface area (Å²) in [6.07, 6.45) is 4.26. The fourth-order valence-corrected chi connectivity index (χ4v) is 5.27. The lowest BCUT2D eigenvalue weighted by Crippen LogP contribution is -2.48. The molecule has 0 saturated heterocycles. The number of aromatic nitrogens is 1. The van der Waals surface area contributed by atoms with E-state index in [2.05, 4.69) is 47.4 Å². The van der Waals surface area contributed by atoms with E-state index in [0.717, 1.165) is 28.8 Å². The number of rotatable bonds is 2. The van der Waals surface area contributed by atoms with Gasteiger partial charge in [-0.1, -0.05) is 59.6 Å². The third-order valence-electron chi connectivity index (χ3n) is 6.34. The Balaban J connectivity index is 1.52. The number of hydrazone groups is 1. The van der Waals surface area contributed by atoms with Crippen molar-refractivity contribution in [2.75, 3.05) is 0 Å². The molecule has 0 N–H and O–H groups in total. The van der Waals surface area contributed by atoms with E-state index in [1.165, 1.54) is 10.8 Å². The first-order chi connectivity index (χ1) is 15.5. The Labute approximate surface area is 196 Å². The topological polar surface area (TPSA) is 37.7 Å². The smallest absolute Gasteiger partial charge is 0.221 e. The van der Waals surface area contributed by atoms with Crippen LogP contribution in [0.5, 0.6) is 5.75 Å². The van der Waals surface area contributed by atoms with Crippen LogP contribution in [0.2, 0.25) is 10.0 Å². The summed E-state index contributed by atoms with van der Waals surface area (Å²) < 4.78 is 6.56. The first-order valence-corrected chi connectivity index (χ1v) is 11.2. The van der Waals surface area contributed by atoms with E-state index < -0.39 is 5.72 Å². The number of fused-ring (bicyclic) bond motifs is 4.